The zero-order chi connectivity index (χ0) is 24.6. The number of amides is 1. The van der Waals surface area contributed by atoms with Crippen molar-refractivity contribution in [1.82, 2.24) is 19.9 Å². The largest absolute Gasteiger partial charge is 0.360 e. The zero-order valence-electron chi connectivity index (χ0n) is 19.3. The lowest BCUT2D eigenvalue weighted by Crippen LogP contribution is -2.50. The Labute approximate surface area is 206 Å². The third-order valence-corrected chi connectivity index (χ3v) is 6.68. The second kappa shape index (κ2) is 8.88. The average Bonchev–Trinajstić information content (AvgIpc) is 3.39. The van der Waals surface area contributed by atoms with Crippen LogP contribution >= 0.6 is 0 Å². The summed E-state index contributed by atoms with van der Waals surface area (Å²) in [5.41, 5.74) is 1.78. The van der Waals surface area contributed by atoms with Gasteiger partial charge in [0.1, 0.15) is 11.6 Å². The van der Waals surface area contributed by atoms with E-state index in [1.807, 2.05) is 42.5 Å². The number of ketones is 1. The van der Waals surface area contributed by atoms with Gasteiger partial charge in [0.05, 0.1) is 16.8 Å². The summed E-state index contributed by atoms with van der Waals surface area (Å²) in [7, 11) is 0. The molecule has 0 bridgehead atoms. The van der Waals surface area contributed by atoms with Crippen LogP contribution in [-0.2, 0) is 4.79 Å². The number of hydrogen-bond donors (Lipinski definition) is 1. The minimum absolute atomic E-state index is 0.0310. The van der Waals surface area contributed by atoms with Gasteiger partial charge in [-0.05, 0) is 35.7 Å². The highest BCUT2D eigenvalue weighted by molar-refractivity contribution is 6.45. The summed E-state index contributed by atoms with van der Waals surface area (Å²) in [5.74, 6) is -1.06. The molecule has 5 aromatic rings. The van der Waals surface area contributed by atoms with E-state index in [1.165, 1.54) is 17.2 Å². The molecule has 2 aromatic carbocycles. The Hall–Kier alpha value is -4.59. The summed E-state index contributed by atoms with van der Waals surface area (Å²) >= 11 is 0. The maximum atomic E-state index is 14.9. The standard InChI is InChI=1S/C28H22FN5O2/c29-22-9-8-20(23-7-3-4-11-30-23)25-24(22)21(17-32-25)26(35)28(36)34-15-13-33(14-16-34)27-19-6-2-1-5-18(19)10-12-31-27/h1-12,17,32H,13-16H2. The number of aromatic amines is 1. The molecule has 3 aromatic heterocycles. The molecule has 0 saturated carbocycles. The number of carbonyl (C=O) groups excluding carboxylic acids is 2. The summed E-state index contributed by atoms with van der Waals surface area (Å²) in [5, 5.41) is 2.26. The van der Waals surface area contributed by atoms with Gasteiger partial charge in [0, 0.05) is 61.1 Å². The molecule has 1 N–H and O–H groups in total. The lowest BCUT2D eigenvalue weighted by atomic mass is 10.0. The Kier molecular flexibility index (Phi) is 5.41. The lowest BCUT2D eigenvalue weighted by Gasteiger charge is -2.35. The van der Waals surface area contributed by atoms with Crippen LogP contribution in [0.4, 0.5) is 10.2 Å². The monoisotopic (exact) mass is 479 g/mol. The van der Waals surface area contributed by atoms with Crippen LogP contribution in [-0.4, -0.2) is 57.7 Å². The van der Waals surface area contributed by atoms with Gasteiger partial charge in [-0.2, -0.15) is 0 Å². The molecule has 7 nitrogen and oxygen atoms in total. The number of aromatic nitrogens is 3. The molecule has 0 atom stereocenters. The molecule has 1 amide bonds. The molecule has 0 aliphatic carbocycles. The molecule has 4 heterocycles. The van der Waals surface area contributed by atoms with Gasteiger partial charge in [0.15, 0.2) is 0 Å². The summed E-state index contributed by atoms with van der Waals surface area (Å²) < 4.78 is 14.9. The quantitative estimate of drug-likeness (QED) is 0.304. The third-order valence-electron chi connectivity index (χ3n) is 6.68. The van der Waals surface area contributed by atoms with Crippen LogP contribution in [0.2, 0.25) is 0 Å². The fourth-order valence-electron chi connectivity index (χ4n) is 4.86. The first-order chi connectivity index (χ1) is 17.6. The van der Waals surface area contributed by atoms with Crippen molar-refractivity contribution in [2.45, 2.75) is 0 Å². The number of halogens is 1. The van der Waals surface area contributed by atoms with E-state index in [2.05, 4.69) is 19.9 Å². The van der Waals surface area contributed by atoms with E-state index in [1.54, 1.807) is 24.5 Å². The maximum Gasteiger partial charge on any atom is 0.295 e. The highest BCUT2D eigenvalue weighted by Gasteiger charge is 2.30. The molecule has 178 valence electrons. The summed E-state index contributed by atoms with van der Waals surface area (Å²) in [6.07, 6.45) is 4.84. The smallest absolute Gasteiger partial charge is 0.295 e. The minimum Gasteiger partial charge on any atom is -0.360 e. The average molecular weight is 480 g/mol. The van der Waals surface area contributed by atoms with E-state index in [0.29, 0.717) is 43.0 Å². The molecule has 0 radical (unpaired) electrons. The Balaban J connectivity index is 1.24. The Bertz CT molecular complexity index is 1600. The summed E-state index contributed by atoms with van der Waals surface area (Å²) in [6, 6.07) is 18.4. The Morgan fingerprint density at radius 1 is 0.861 bits per heavy atom. The molecule has 0 spiro atoms. The van der Waals surface area contributed by atoms with Crippen molar-refractivity contribution in [3.63, 3.8) is 0 Å². The number of rotatable bonds is 4. The van der Waals surface area contributed by atoms with Crippen LogP contribution in [0.1, 0.15) is 10.4 Å². The number of hydrogen-bond acceptors (Lipinski definition) is 5. The number of nitrogens with zero attached hydrogens (tertiary/aromatic N) is 4. The first-order valence-corrected chi connectivity index (χ1v) is 11.7. The minimum atomic E-state index is -0.727. The van der Waals surface area contributed by atoms with Gasteiger partial charge < -0.3 is 14.8 Å². The van der Waals surface area contributed by atoms with Gasteiger partial charge in [-0.3, -0.25) is 14.6 Å². The van der Waals surface area contributed by atoms with Crippen molar-refractivity contribution < 1.29 is 14.0 Å². The van der Waals surface area contributed by atoms with Crippen molar-refractivity contribution in [2.75, 3.05) is 31.1 Å². The Morgan fingerprint density at radius 2 is 1.67 bits per heavy atom. The topological polar surface area (TPSA) is 82.2 Å². The zero-order valence-corrected chi connectivity index (χ0v) is 19.3. The molecular weight excluding hydrogens is 457 g/mol. The van der Waals surface area contributed by atoms with E-state index in [4.69, 9.17) is 0 Å². The maximum absolute atomic E-state index is 14.9. The van der Waals surface area contributed by atoms with Crippen LogP contribution in [0, 0.1) is 5.82 Å². The number of Topliss-reactive ketones (excluding diaryl/α,β-unsaturated/α-hetero) is 1. The number of pyridine rings is 2. The first-order valence-electron chi connectivity index (χ1n) is 11.7. The van der Waals surface area contributed by atoms with E-state index in [9.17, 15) is 14.0 Å². The molecule has 0 unspecified atom stereocenters. The van der Waals surface area contributed by atoms with Crippen molar-refractivity contribution in [3.05, 3.63) is 90.6 Å². The van der Waals surface area contributed by atoms with E-state index < -0.39 is 17.5 Å². The number of benzene rings is 2. The van der Waals surface area contributed by atoms with E-state index in [-0.39, 0.29) is 10.9 Å². The van der Waals surface area contributed by atoms with Crippen LogP contribution < -0.4 is 4.90 Å². The fraction of sp³-hybridized carbons (Fsp3) is 0.143. The predicted molar refractivity (Wildman–Crippen MR) is 136 cm³/mol. The van der Waals surface area contributed by atoms with Crippen LogP contribution in [0.15, 0.2) is 79.3 Å². The van der Waals surface area contributed by atoms with Gasteiger partial charge in [-0.25, -0.2) is 9.37 Å². The second-order valence-electron chi connectivity index (χ2n) is 8.73. The fourth-order valence-corrected chi connectivity index (χ4v) is 4.86. The van der Waals surface area contributed by atoms with Crippen LogP contribution in [0.3, 0.4) is 0 Å². The normalized spacial score (nSPS) is 13.9. The van der Waals surface area contributed by atoms with Crippen LogP contribution in [0.5, 0.6) is 0 Å². The first kappa shape index (κ1) is 21.9. The van der Waals surface area contributed by atoms with Crippen molar-refractivity contribution >= 4 is 39.2 Å². The molecule has 1 aliphatic rings. The number of carbonyl (C=O) groups is 2. The highest BCUT2D eigenvalue weighted by Crippen LogP contribution is 2.31. The predicted octanol–water partition coefficient (Wildman–Crippen LogP) is 4.45. The van der Waals surface area contributed by atoms with Crippen molar-refractivity contribution in [1.29, 1.82) is 0 Å². The SMILES string of the molecule is O=C(C(=O)N1CCN(c2nccc3ccccc23)CC1)c1c[nH]c2c(-c3ccccn3)ccc(F)c12. The Morgan fingerprint density at radius 3 is 2.47 bits per heavy atom. The number of nitrogens with one attached hydrogen (secondary N) is 1. The third kappa shape index (κ3) is 3.67. The number of H-pyrrole nitrogens is 1. The van der Waals surface area contributed by atoms with Crippen molar-refractivity contribution in [3.8, 4) is 11.3 Å². The van der Waals surface area contributed by atoms with E-state index in [0.717, 1.165) is 16.6 Å². The molecule has 6 rings (SSSR count). The number of piperazine rings is 1. The van der Waals surface area contributed by atoms with Gasteiger partial charge >= 0.3 is 0 Å². The molecule has 1 saturated heterocycles. The molecule has 1 fully saturated rings. The molecule has 36 heavy (non-hydrogen) atoms. The number of anilines is 1. The van der Waals surface area contributed by atoms with Gasteiger partial charge in [0.2, 0.25) is 0 Å². The van der Waals surface area contributed by atoms with E-state index >= 15 is 0 Å². The van der Waals surface area contributed by atoms with Gasteiger partial charge in [-0.1, -0.05) is 30.3 Å². The summed E-state index contributed by atoms with van der Waals surface area (Å²) in [6.45, 7) is 1.84. The number of fused-ring (bicyclic) bond motifs is 2. The van der Waals surface area contributed by atoms with Crippen molar-refractivity contribution in [2.24, 2.45) is 0 Å². The summed E-state index contributed by atoms with van der Waals surface area (Å²) in [4.78, 5) is 41.9. The van der Waals surface area contributed by atoms with Gasteiger partial charge in [-0.15, -0.1) is 0 Å². The lowest BCUT2D eigenvalue weighted by molar-refractivity contribution is -0.126. The molecular formula is C28H22FN5O2. The highest BCUT2D eigenvalue weighted by atomic mass is 19.1. The van der Waals surface area contributed by atoms with Crippen LogP contribution in [0.25, 0.3) is 32.9 Å². The molecule has 1 aliphatic heterocycles. The molecule has 8 heteroatoms. The second-order valence-corrected chi connectivity index (χ2v) is 8.73. The van der Waals surface area contributed by atoms with Gasteiger partial charge in [0.25, 0.3) is 11.7 Å².